The Morgan fingerprint density at radius 2 is 1.00 bits per heavy atom. The Morgan fingerprint density at radius 3 is 1.36 bits per heavy atom. The molecule has 6 nitrogen and oxygen atoms in total. The number of rotatable bonds is 22. The van der Waals surface area contributed by atoms with E-state index in [0.29, 0.717) is 32.6 Å². The molecule has 1 amide bonds. The average molecular weight is 400 g/mol. The third-order valence-electron chi connectivity index (χ3n) is 5.07. The molecule has 0 aromatic carbocycles. The van der Waals surface area contributed by atoms with E-state index in [1.807, 2.05) is 0 Å². The molecule has 0 heterocycles. The first-order valence-electron chi connectivity index (χ1n) is 12.0. The molecule has 0 aromatic rings. The number of nitrogens with zero attached hydrogens (tertiary/aromatic N) is 1. The van der Waals surface area contributed by atoms with Gasteiger partial charge >= 0.3 is 0 Å². The van der Waals surface area contributed by atoms with Crippen LogP contribution >= 0.6 is 0 Å². The smallest absolute Gasteiger partial charge is 0.251 e. The number of nitrogens with one attached hydrogen (secondary N) is 2. The van der Waals surface area contributed by atoms with E-state index in [0.717, 1.165) is 12.8 Å². The fraction of sp³-hybridized carbons (Fsp3) is 0.955. The van der Waals surface area contributed by atoms with Gasteiger partial charge in [-0.2, -0.15) is 0 Å². The molecule has 0 unspecified atom stereocenters. The van der Waals surface area contributed by atoms with Crippen LogP contribution in [0.25, 0.3) is 0 Å². The highest BCUT2D eigenvalue weighted by atomic mass is 16.2. The van der Waals surface area contributed by atoms with Gasteiger partial charge in [0.05, 0.1) is 0 Å². The van der Waals surface area contributed by atoms with E-state index in [-0.39, 0.29) is 5.91 Å². The van der Waals surface area contributed by atoms with Gasteiger partial charge in [0.15, 0.2) is 0 Å². The van der Waals surface area contributed by atoms with Crippen molar-refractivity contribution in [3.8, 4) is 0 Å². The van der Waals surface area contributed by atoms with Crippen molar-refractivity contribution in [3.05, 3.63) is 0 Å². The summed E-state index contributed by atoms with van der Waals surface area (Å²) in [6, 6.07) is 0. The third-order valence-corrected chi connectivity index (χ3v) is 5.07. The summed E-state index contributed by atoms with van der Waals surface area (Å²) in [7, 11) is 0. The molecule has 0 saturated heterocycles. The zero-order chi connectivity index (χ0) is 20.7. The second kappa shape index (κ2) is 22.6. The Balaban J connectivity index is 3.42. The zero-order valence-corrected chi connectivity index (χ0v) is 18.7. The highest BCUT2D eigenvalue weighted by Gasteiger charge is 2.11. The van der Waals surface area contributed by atoms with Crippen molar-refractivity contribution in [1.82, 2.24) is 16.0 Å². The Hall–Kier alpha value is -0.690. The second-order valence-electron chi connectivity index (χ2n) is 7.82. The van der Waals surface area contributed by atoms with Gasteiger partial charge in [-0.25, -0.2) is 16.0 Å². The molecule has 0 aromatic heterocycles. The molecule has 0 spiro atoms. The first-order chi connectivity index (χ1) is 13.8. The van der Waals surface area contributed by atoms with Gasteiger partial charge in [0.2, 0.25) is 0 Å². The summed E-state index contributed by atoms with van der Waals surface area (Å²) >= 11 is 0. The minimum Gasteiger partial charge on any atom is -0.329 e. The predicted molar refractivity (Wildman–Crippen MR) is 121 cm³/mol. The SMILES string of the molecule is CCCCCCCCCCCCCCCCCC(=O)N(NCCN)NCCN. The number of hydrogen-bond donors (Lipinski definition) is 4. The van der Waals surface area contributed by atoms with E-state index in [9.17, 15) is 4.79 Å². The highest BCUT2D eigenvalue weighted by Crippen LogP contribution is 2.13. The summed E-state index contributed by atoms with van der Waals surface area (Å²) in [4.78, 5) is 12.2. The molecule has 28 heavy (non-hydrogen) atoms. The predicted octanol–water partition coefficient (Wildman–Crippen LogP) is 4.00. The van der Waals surface area contributed by atoms with Crippen molar-refractivity contribution >= 4 is 5.91 Å². The molecule has 0 atom stereocenters. The molecule has 0 bridgehead atoms. The summed E-state index contributed by atoms with van der Waals surface area (Å²) in [5, 5.41) is 1.46. The van der Waals surface area contributed by atoms with Crippen LogP contribution in [0.5, 0.6) is 0 Å². The summed E-state index contributed by atoms with van der Waals surface area (Å²) in [6.07, 6.45) is 20.6. The molecule has 168 valence electrons. The van der Waals surface area contributed by atoms with Crippen LogP contribution in [0.4, 0.5) is 0 Å². The van der Waals surface area contributed by atoms with Crippen LogP contribution in [0.3, 0.4) is 0 Å². The number of carbonyl (C=O) groups is 1. The largest absolute Gasteiger partial charge is 0.329 e. The first kappa shape index (κ1) is 27.3. The van der Waals surface area contributed by atoms with Gasteiger partial charge < -0.3 is 11.5 Å². The van der Waals surface area contributed by atoms with Crippen molar-refractivity contribution in [2.75, 3.05) is 26.2 Å². The normalized spacial score (nSPS) is 11.1. The minimum absolute atomic E-state index is 0.0663. The van der Waals surface area contributed by atoms with Gasteiger partial charge in [0.1, 0.15) is 0 Å². The fourth-order valence-electron chi connectivity index (χ4n) is 3.34. The van der Waals surface area contributed by atoms with E-state index >= 15 is 0 Å². The van der Waals surface area contributed by atoms with Gasteiger partial charge in [-0.3, -0.25) is 4.79 Å². The lowest BCUT2D eigenvalue weighted by Gasteiger charge is -2.23. The number of amides is 1. The van der Waals surface area contributed by atoms with E-state index in [1.165, 1.54) is 88.6 Å². The molecule has 0 aliphatic carbocycles. The fourth-order valence-corrected chi connectivity index (χ4v) is 3.34. The van der Waals surface area contributed by atoms with Crippen molar-refractivity contribution in [2.45, 2.75) is 110 Å². The molecule has 0 fully saturated rings. The molecule has 0 radical (unpaired) electrons. The maximum absolute atomic E-state index is 12.2. The van der Waals surface area contributed by atoms with Crippen molar-refractivity contribution in [3.63, 3.8) is 0 Å². The Bertz CT molecular complexity index is 320. The van der Waals surface area contributed by atoms with E-state index in [1.54, 1.807) is 0 Å². The molecule has 0 saturated carbocycles. The zero-order valence-electron chi connectivity index (χ0n) is 18.7. The van der Waals surface area contributed by atoms with Crippen LogP contribution in [0.15, 0.2) is 0 Å². The van der Waals surface area contributed by atoms with Gasteiger partial charge in [-0.1, -0.05) is 96.8 Å². The summed E-state index contributed by atoms with van der Waals surface area (Å²) in [6.45, 7) is 4.40. The first-order valence-corrected chi connectivity index (χ1v) is 12.0. The lowest BCUT2D eigenvalue weighted by molar-refractivity contribution is -0.138. The maximum Gasteiger partial charge on any atom is 0.251 e. The van der Waals surface area contributed by atoms with Crippen molar-refractivity contribution < 1.29 is 4.79 Å². The number of hydrazine groups is 2. The van der Waals surface area contributed by atoms with E-state index in [2.05, 4.69) is 17.8 Å². The standard InChI is InChI=1S/C22H49N5O/c1-2-3-4-5-6-7-8-9-10-11-12-13-14-15-16-17-22(28)27(25-20-18-23)26-21-19-24/h25-26H,2-21,23-24H2,1H3. The van der Waals surface area contributed by atoms with Crippen LogP contribution < -0.4 is 22.3 Å². The summed E-state index contributed by atoms with van der Waals surface area (Å²) in [5.74, 6) is 0.0663. The minimum atomic E-state index is 0.0663. The summed E-state index contributed by atoms with van der Waals surface area (Å²) < 4.78 is 0. The van der Waals surface area contributed by atoms with Crippen LogP contribution in [0.2, 0.25) is 0 Å². The number of unbranched alkanes of at least 4 members (excludes halogenated alkanes) is 14. The molecular formula is C22H49N5O. The van der Waals surface area contributed by atoms with Crippen LogP contribution in [0, 0.1) is 0 Å². The quantitative estimate of drug-likeness (QED) is 0.163. The summed E-state index contributed by atoms with van der Waals surface area (Å²) in [5.41, 5.74) is 17.0. The lowest BCUT2D eigenvalue weighted by Crippen LogP contribution is -2.54. The van der Waals surface area contributed by atoms with Crippen molar-refractivity contribution in [2.24, 2.45) is 11.5 Å². The number of carbonyl (C=O) groups excluding carboxylic acids is 1. The Morgan fingerprint density at radius 1 is 0.643 bits per heavy atom. The molecule has 0 aliphatic heterocycles. The molecular weight excluding hydrogens is 350 g/mol. The van der Waals surface area contributed by atoms with E-state index in [4.69, 9.17) is 11.5 Å². The molecule has 6 N–H and O–H groups in total. The maximum atomic E-state index is 12.2. The molecule has 0 aliphatic rings. The highest BCUT2D eigenvalue weighted by molar-refractivity contribution is 5.75. The second-order valence-corrected chi connectivity index (χ2v) is 7.82. The monoisotopic (exact) mass is 399 g/mol. The Kier molecular flexibility index (Phi) is 22.0. The van der Waals surface area contributed by atoms with Crippen LogP contribution in [-0.2, 0) is 4.79 Å². The van der Waals surface area contributed by atoms with E-state index < -0.39 is 0 Å². The number of nitrogens with two attached hydrogens (primary N) is 2. The van der Waals surface area contributed by atoms with Gasteiger partial charge in [-0.05, 0) is 6.42 Å². The number of hydrogen-bond acceptors (Lipinski definition) is 5. The van der Waals surface area contributed by atoms with Gasteiger partial charge in [0, 0.05) is 32.6 Å². The lowest BCUT2D eigenvalue weighted by atomic mass is 10.0. The third kappa shape index (κ3) is 18.7. The van der Waals surface area contributed by atoms with Crippen LogP contribution in [0.1, 0.15) is 110 Å². The van der Waals surface area contributed by atoms with Gasteiger partial charge in [-0.15, -0.1) is 0 Å². The van der Waals surface area contributed by atoms with Gasteiger partial charge in [0.25, 0.3) is 5.91 Å². The average Bonchev–Trinajstić information content (AvgIpc) is 2.70. The molecule has 0 rings (SSSR count). The van der Waals surface area contributed by atoms with Crippen LogP contribution in [-0.4, -0.2) is 37.2 Å². The topological polar surface area (TPSA) is 96.4 Å². The van der Waals surface area contributed by atoms with Crippen molar-refractivity contribution in [1.29, 1.82) is 0 Å². The Labute approximate surface area is 174 Å². The molecule has 6 heteroatoms.